The van der Waals surface area contributed by atoms with E-state index in [1.807, 2.05) is 5.38 Å². The first-order valence-electron chi connectivity index (χ1n) is 5.42. The highest BCUT2D eigenvalue weighted by Crippen LogP contribution is 2.27. The maximum absolute atomic E-state index is 12.0. The molecule has 0 aromatic carbocycles. The molecule has 0 atom stereocenters. The van der Waals surface area contributed by atoms with E-state index >= 15 is 0 Å². The first kappa shape index (κ1) is 13.5. The highest BCUT2D eigenvalue weighted by atomic mass is 35.5. The number of halogens is 1. The molecule has 98 valence electrons. The monoisotopic (exact) mass is 294 g/mol. The predicted molar refractivity (Wildman–Crippen MR) is 78.0 cm³/mol. The second-order valence-electron chi connectivity index (χ2n) is 3.49. The van der Waals surface area contributed by atoms with Gasteiger partial charge in [-0.2, -0.15) is 0 Å². The van der Waals surface area contributed by atoms with Gasteiger partial charge in [0.1, 0.15) is 12.0 Å². The number of hydrogen-bond acceptors (Lipinski definition) is 5. The molecule has 0 aliphatic carbocycles. The minimum absolute atomic E-state index is 0.187. The van der Waals surface area contributed by atoms with Gasteiger partial charge in [-0.25, -0.2) is 9.97 Å². The molecule has 19 heavy (non-hydrogen) atoms. The van der Waals surface area contributed by atoms with Crippen LogP contribution < -0.4 is 10.6 Å². The van der Waals surface area contributed by atoms with Gasteiger partial charge < -0.3 is 10.6 Å². The number of rotatable bonds is 5. The van der Waals surface area contributed by atoms with Gasteiger partial charge in [0.15, 0.2) is 11.0 Å². The molecule has 2 aromatic rings. The van der Waals surface area contributed by atoms with Crippen LogP contribution in [0.15, 0.2) is 36.5 Å². The maximum atomic E-state index is 12.0. The van der Waals surface area contributed by atoms with Crippen molar-refractivity contribution in [3.05, 3.63) is 46.5 Å². The zero-order valence-electron chi connectivity index (χ0n) is 9.89. The normalized spacial score (nSPS) is 9.95. The van der Waals surface area contributed by atoms with Crippen molar-refractivity contribution in [3.8, 4) is 0 Å². The van der Waals surface area contributed by atoms with Crippen molar-refractivity contribution in [3.63, 3.8) is 0 Å². The Hall–Kier alpha value is -1.92. The van der Waals surface area contributed by atoms with Crippen molar-refractivity contribution >= 4 is 40.4 Å². The molecule has 2 heterocycles. The Labute approximate surface area is 119 Å². The van der Waals surface area contributed by atoms with Crippen LogP contribution in [0.2, 0.25) is 5.15 Å². The Kier molecular flexibility index (Phi) is 4.48. The van der Waals surface area contributed by atoms with Gasteiger partial charge in [0.05, 0.1) is 4.88 Å². The summed E-state index contributed by atoms with van der Waals surface area (Å²) in [5.41, 5.74) is 0.365. The summed E-state index contributed by atoms with van der Waals surface area (Å²) >= 11 is 7.33. The standard InChI is InChI=1S/C12H11ClN4OS/c1-2-5-14-11-9(10(13)15-7-16-11)17-12(18)8-4-3-6-19-8/h2-4,6-7H,1,5H2,(H,17,18)(H,14,15,16). The number of carbonyl (C=O) groups is 1. The van der Waals surface area contributed by atoms with Crippen LogP contribution in [-0.2, 0) is 0 Å². The second kappa shape index (κ2) is 6.31. The van der Waals surface area contributed by atoms with Crippen LogP contribution in [0.5, 0.6) is 0 Å². The van der Waals surface area contributed by atoms with Crippen LogP contribution in [0, 0.1) is 0 Å². The van der Waals surface area contributed by atoms with E-state index in [0.717, 1.165) is 0 Å². The number of hydrogen-bond donors (Lipinski definition) is 2. The fourth-order valence-electron chi connectivity index (χ4n) is 1.36. The molecule has 0 fully saturated rings. The van der Waals surface area contributed by atoms with Gasteiger partial charge in [0.25, 0.3) is 5.91 Å². The molecule has 0 aliphatic heterocycles. The van der Waals surface area contributed by atoms with Crippen LogP contribution in [-0.4, -0.2) is 22.4 Å². The molecule has 0 unspecified atom stereocenters. The minimum Gasteiger partial charge on any atom is -0.365 e. The number of carbonyl (C=O) groups excluding carboxylic acids is 1. The first-order valence-corrected chi connectivity index (χ1v) is 6.68. The molecule has 2 N–H and O–H groups in total. The van der Waals surface area contributed by atoms with Crippen molar-refractivity contribution < 1.29 is 4.79 Å². The van der Waals surface area contributed by atoms with Gasteiger partial charge in [0, 0.05) is 6.54 Å². The van der Waals surface area contributed by atoms with E-state index in [1.54, 1.807) is 18.2 Å². The Morgan fingerprint density at radius 1 is 1.53 bits per heavy atom. The number of anilines is 2. The van der Waals surface area contributed by atoms with Gasteiger partial charge in [-0.1, -0.05) is 23.7 Å². The number of thiophene rings is 1. The Balaban J connectivity index is 2.23. The molecule has 0 saturated carbocycles. The Bertz CT molecular complexity index is 585. The van der Waals surface area contributed by atoms with Crippen molar-refractivity contribution in [2.45, 2.75) is 0 Å². The van der Waals surface area contributed by atoms with E-state index in [0.29, 0.717) is 22.9 Å². The molecule has 0 aliphatic rings. The van der Waals surface area contributed by atoms with Crippen molar-refractivity contribution in [2.24, 2.45) is 0 Å². The van der Waals surface area contributed by atoms with Gasteiger partial charge in [-0.15, -0.1) is 17.9 Å². The van der Waals surface area contributed by atoms with Crippen LogP contribution in [0.1, 0.15) is 9.67 Å². The van der Waals surface area contributed by atoms with Crippen molar-refractivity contribution in [2.75, 3.05) is 17.2 Å². The fraction of sp³-hybridized carbons (Fsp3) is 0.0833. The fourth-order valence-corrected chi connectivity index (χ4v) is 2.16. The number of aromatic nitrogens is 2. The van der Waals surface area contributed by atoms with Crippen molar-refractivity contribution in [1.29, 1.82) is 0 Å². The first-order chi connectivity index (χ1) is 9.22. The number of amides is 1. The third kappa shape index (κ3) is 3.30. The largest absolute Gasteiger partial charge is 0.365 e. The van der Waals surface area contributed by atoms with Crippen LogP contribution in [0.3, 0.4) is 0 Å². The average molecular weight is 295 g/mol. The van der Waals surface area contributed by atoms with E-state index in [9.17, 15) is 4.79 Å². The predicted octanol–water partition coefficient (Wildman–Crippen LogP) is 3.04. The van der Waals surface area contributed by atoms with Gasteiger partial charge in [-0.3, -0.25) is 4.79 Å². The summed E-state index contributed by atoms with van der Waals surface area (Å²) < 4.78 is 0. The van der Waals surface area contributed by atoms with E-state index in [-0.39, 0.29) is 11.1 Å². The second-order valence-corrected chi connectivity index (χ2v) is 4.79. The molecule has 0 radical (unpaired) electrons. The smallest absolute Gasteiger partial charge is 0.265 e. The molecule has 7 heteroatoms. The summed E-state index contributed by atoms with van der Waals surface area (Å²) in [6, 6.07) is 3.54. The molecule has 0 spiro atoms. The molecule has 1 amide bonds. The third-order valence-corrected chi connectivity index (χ3v) is 3.35. The minimum atomic E-state index is -0.242. The SMILES string of the molecule is C=CCNc1ncnc(Cl)c1NC(=O)c1cccs1. The van der Waals surface area contributed by atoms with Crippen LogP contribution in [0.25, 0.3) is 0 Å². The lowest BCUT2D eigenvalue weighted by Gasteiger charge is -2.11. The van der Waals surface area contributed by atoms with Crippen LogP contribution >= 0.6 is 22.9 Å². The van der Waals surface area contributed by atoms with Gasteiger partial charge in [-0.05, 0) is 11.4 Å². The highest BCUT2D eigenvalue weighted by molar-refractivity contribution is 7.12. The summed E-state index contributed by atoms with van der Waals surface area (Å²) in [5.74, 6) is 0.221. The summed E-state index contributed by atoms with van der Waals surface area (Å²) in [6.07, 6.45) is 3.01. The zero-order valence-corrected chi connectivity index (χ0v) is 11.5. The van der Waals surface area contributed by atoms with E-state index in [4.69, 9.17) is 11.6 Å². The Morgan fingerprint density at radius 3 is 3.05 bits per heavy atom. The average Bonchev–Trinajstić information content (AvgIpc) is 2.93. The van der Waals surface area contributed by atoms with Gasteiger partial charge >= 0.3 is 0 Å². The summed E-state index contributed by atoms with van der Waals surface area (Å²) in [6.45, 7) is 4.11. The van der Waals surface area contributed by atoms with Crippen molar-refractivity contribution in [1.82, 2.24) is 9.97 Å². The lowest BCUT2D eigenvalue weighted by atomic mass is 10.4. The molecule has 2 rings (SSSR count). The third-order valence-electron chi connectivity index (χ3n) is 2.20. The number of nitrogens with zero attached hydrogens (tertiary/aromatic N) is 2. The molecule has 0 bridgehead atoms. The van der Waals surface area contributed by atoms with E-state index in [1.165, 1.54) is 17.7 Å². The highest BCUT2D eigenvalue weighted by Gasteiger charge is 2.14. The zero-order chi connectivity index (χ0) is 13.7. The quantitative estimate of drug-likeness (QED) is 0.657. The number of nitrogens with one attached hydrogen (secondary N) is 2. The van der Waals surface area contributed by atoms with Gasteiger partial charge in [0.2, 0.25) is 0 Å². The topological polar surface area (TPSA) is 66.9 Å². The van der Waals surface area contributed by atoms with E-state index in [2.05, 4.69) is 27.2 Å². The van der Waals surface area contributed by atoms with Crippen LogP contribution in [0.4, 0.5) is 11.5 Å². The lowest BCUT2D eigenvalue weighted by molar-refractivity contribution is 0.103. The summed E-state index contributed by atoms with van der Waals surface area (Å²) in [5, 5.41) is 7.71. The maximum Gasteiger partial charge on any atom is 0.265 e. The molecule has 0 saturated heterocycles. The molecular formula is C12H11ClN4OS. The molecular weight excluding hydrogens is 284 g/mol. The van der Waals surface area contributed by atoms with E-state index < -0.39 is 0 Å². The summed E-state index contributed by atoms with van der Waals surface area (Å²) in [4.78, 5) is 20.5. The molecule has 5 nitrogen and oxygen atoms in total. The summed E-state index contributed by atoms with van der Waals surface area (Å²) in [7, 11) is 0. The lowest BCUT2D eigenvalue weighted by Crippen LogP contribution is -2.14. The molecule has 2 aromatic heterocycles. The Morgan fingerprint density at radius 2 is 2.37 bits per heavy atom.